The molecule has 2 aromatic heterocycles. The number of amides is 1. The number of ether oxygens (including phenoxy) is 1. The third kappa shape index (κ3) is 4.54. The summed E-state index contributed by atoms with van der Waals surface area (Å²) in [6.07, 6.45) is 1.57. The lowest BCUT2D eigenvalue weighted by Gasteiger charge is -2.06. The van der Waals surface area contributed by atoms with Gasteiger partial charge < -0.3 is 9.26 Å². The summed E-state index contributed by atoms with van der Waals surface area (Å²) in [5, 5.41) is 10.9. The van der Waals surface area contributed by atoms with Crippen molar-refractivity contribution in [2.24, 2.45) is 0 Å². The molecule has 0 radical (unpaired) electrons. The van der Waals surface area contributed by atoms with Crippen molar-refractivity contribution < 1.29 is 14.1 Å². The standard InChI is InChI=1S/C22H21N5O3/c1-15-7-6-8-17(11-15)12-27-14-23-22(25-27)24-21(28)20-19(16(2)30-26-20)13-29-18-9-4-3-5-10-18/h3-11,14H,12-13H2,1-2H3,(H,24,25,28). The first-order valence-corrected chi connectivity index (χ1v) is 9.48. The van der Waals surface area contributed by atoms with Crippen LogP contribution in [0.2, 0.25) is 0 Å². The van der Waals surface area contributed by atoms with Crippen LogP contribution in [0.25, 0.3) is 0 Å². The largest absolute Gasteiger partial charge is 0.489 e. The molecule has 0 saturated heterocycles. The van der Waals surface area contributed by atoms with Gasteiger partial charge in [-0.05, 0) is 31.5 Å². The van der Waals surface area contributed by atoms with Gasteiger partial charge in [0.1, 0.15) is 24.4 Å². The van der Waals surface area contributed by atoms with Crippen molar-refractivity contribution in [1.82, 2.24) is 19.9 Å². The Morgan fingerprint density at radius 3 is 2.77 bits per heavy atom. The topological polar surface area (TPSA) is 95.1 Å². The Hall–Kier alpha value is -3.94. The fraction of sp³-hybridized carbons (Fsp3) is 0.182. The summed E-state index contributed by atoms with van der Waals surface area (Å²) in [6, 6.07) is 17.5. The average Bonchev–Trinajstić information content (AvgIpc) is 3.33. The van der Waals surface area contributed by atoms with Gasteiger partial charge >= 0.3 is 0 Å². The normalized spacial score (nSPS) is 10.7. The molecular formula is C22H21N5O3. The highest BCUT2D eigenvalue weighted by Gasteiger charge is 2.21. The maximum atomic E-state index is 12.7. The van der Waals surface area contributed by atoms with Crippen LogP contribution in [0.4, 0.5) is 5.95 Å². The molecule has 152 valence electrons. The quantitative estimate of drug-likeness (QED) is 0.505. The number of anilines is 1. The number of hydrogen-bond acceptors (Lipinski definition) is 6. The van der Waals surface area contributed by atoms with Gasteiger partial charge in [-0.3, -0.25) is 10.1 Å². The van der Waals surface area contributed by atoms with E-state index in [0.717, 1.165) is 5.56 Å². The van der Waals surface area contributed by atoms with Gasteiger partial charge in [0.2, 0.25) is 5.95 Å². The second-order valence-corrected chi connectivity index (χ2v) is 6.88. The minimum atomic E-state index is -0.452. The maximum Gasteiger partial charge on any atom is 0.280 e. The minimum absolute atomic E-state index is 0.151. The summed E-state index contributed by atoms with van der Waals surface area (Å²) in [4.78, 5) is 16.9. The molecule has 0 spiro atoms. The van der Waals surface area contributed by atoms with Gasteiger partial charge in [-0.15, -0.1) is 5.10 Å². The summed E-state index contributed by atoms with van der Waals surface area (Å²) in [7, 11) is 0. The minimum Gasteiger partial charge on any atom is -0.489 e. The molecule has 2 heterocycles. The number of carbonyl (C=O) groups excluding carboxylic acids is 1. The van der Waals surface area contributed by atoms with E-state index in [4.69, 9.17) is 9.26 Å². The van der Waals surface area contributed by atoms with Crippen LogP contribution < -0.4 is 10.1 Å². The van der Waals surface area contributed by atoms with Crippen molar-refractivity contribution in [3.05, 3.63) is 89.1 Å². The first-order chi connectivity index (χ1) is 14.6. The molecule has 1 N–H and O–H groups in total. The Kier molecular flexibility index (Phi) is 5.56. The number of aromatic nitrogens is 4. The van der Waals surface area contributed by atoms with E-state index in [2.05, 4.69) is 26.6 Å². The highest BCUT2D eigenvalue weighted by Crippen LogP contribution is 2.18. The van der Waals surface area contributed by atoms with Gasteiger partial charge in [0, 0.05) is 0 Å². The molecule has 0 aliphatic carbocycles. The molecular weight excluding hydrogens is 382 g/mol. The monoisotopic (exact) mass is 403 g/mol. The van der Waals surface area contributed by atoms with Crippen molar-refractivity contribution >= 4 is 11.9 Å². The summed E-state index contributed by atoms with van der Waals surface area (Å²) in [6.45, 7) is 4.50. The van der Waals surface area contributed by atoms with Crippen LogP contribution in [0.5, 0.6) is 5.75 Å². The number of aryl methyl sites for hydroxylation is 2. The molecule has 0 atom stereocenters. The molecule has 4 aromatic rings. The van der Waals surface area contributed by atoms with E-state index in [1.54, 1.807) is 17.9 Å². The van der Waals surface area contributed by atoms with Gasteiger partial charge in [0.25, 0.3) is 5.91 Å². The van der Waals surface area contributed by atoms with Gasteiger partial charge in [-0.25, -0.2) is 9.67 Å². The number of nitrogens with one attached hydrogen (secondary N) is 1. The smallest absolute Gasteiger partial charge is 0.280 e. The number of benzene rings is 2. The van der Waals surface area contributed by atoms with Crippen LogP contribution in [-0.2, 0) is 13.2 Å². The molecule has 0 unspecified atom stereocenters. The van der Waals surface area contributed by atoms with E-state index in [1.165, 1.54) is 5.56 Å². The summed E-state index contributed by atoms with van der Waals surface area (Å²) in [5.41, 5.74) is 3.01. The molecule has 0 aliphatic heterocycles. The van der Waals surface area contributed by atoms with Gasteiger partial charge in [-0.2, -0.15) is 0 Å². The number of nitrogens with zero attached hydrogens (tertiary/aromatic N) is 4. The van der Waals surface area contributed by atoms with Crippen LogP contribution in [0.3, 0.4) is 0 Å². The molecule has 0 aliphatic rings. The Balaban J connectivity index is 1.42. The van der Waals surface area contributed by atoms with Crippen LogP contribution >= 0.6 is 0 Å². The predicted molar refractivity (Wildman–Crippen MR) is 110 cm³/mol. The Morgan fingerprint density at radius 1 is 1.13 bits per heavy atom. The summed E-state index contributed by atoms with van der Waals surface area (Å²) < 4.78 is 12.6. The number of hydrogen-bond donors (Lipinski definition) is 1. The molecule has 0 fully saturated rings. The molecule has 0 saturated carbocycles. The SMILES string of the molecule is Cc1cccc(Cn2cnc(NC(=O)c3noc(C)c3COc3ccccc3)n2)c1. The Morgan fingerprint density at radius 2 is 1.97 bits per heavy atom. The molecule has 8 heteroatoms. The lowest BCUT2D eigenvalue weighted by molar-refractivity contribution is 0.101. The third-order valence-corrected chi connectivity index (χ3v) is 4.52. The number of carbonyl (C=O) groups is 1. The first kappa shape index (κ1) is 19.4. The zero-order chi connectivity index (χ0) is 20.9. The lowest BCUT2D eigenvalue weighted by Crippen LogP contribution is -2.16. The highest BCUT2D eigenvalue weighted by atomic mass is 16.5. The zero-order valence-corrected chi connectivity index (χ0v) is 16.7. The van der Waals surface area contributed by atoms with E-state index < -0.39 is 5.91 Å². The number of para-hydroxylation sites is 1. The summed E-state index contributed by atoms with van der Waals surface area (Å²) in [5.74, 6) is 0.963. The third-order valence-electron chi connectivity index (χ3n) is 4.52. The molecule has 1 amide bonds. The maximum absolute atomic E-state index is 12.7. The molecule has 2 aromatic carbocycles. The van der Waals surface area contributed by atoms with Crippen molar-refractivity contribution in [3.8, 4) is 5.75 Å². The molecule has 8 nitrogen and oxygen atoms in total. The summed E-state index contributed by atoms with van der Waals surface area (Å²) >= 11 is 0. The van der Waals surface area contributed by atoms with Crippen molar-refractivity contribution in [3.63, 3.8) is 0 Å². The van der Waals surface area contributed by atoms with Crippen LogP contribution in [0.1, 0.15) is 32.9 Å². The first-order valence-electron chi connectivity index (χ1n) is 9.48. The highest BCUT2D eigenvalue weighted by molar-refractivity contribution is 6.02. The fourth-order valence-corrected chi connectivity index (χ4v) is 3.00. The molecule has 30 heavy (non-hydrogen) atoms. The van der Waals surface area contributed by atoms with Gasteiger partial charge in [0.05, 0.1) is 12.1 Å². The zero-order valence-electron chi connectivity index (χ0n) is 16.7. The van der Waals surface area contributed by atoms with Gasteiger partial charge in [-0.1, -0.05) is 53.2 Å². The average molecular weight is 403 g/mol. The van der Waals surface area contributed by atoms with Crippen molar-refractivity contribution in [2.75, 3.05) is 5.32 Å². The van der Waals surface area contributed by atoms with Gasteiger partial charge in [0.15, 0.2) is 5.69 Å². The van der Waals surface area contributed by atoms with E-state index >= 15 is 0 Å². The molecule has 0 bridgehead atoms. The number of rotatable bonds is 7. The Bertz CT molecular complexity index is 1150. The second kappa shape index (κ2) is 8.60. The van der Waals surface area contributed by atoms with Crippen LogP contribution in [0.15, 0.2) is 65.4 Å². The Labute approximate surface area is 173 Å². The van der Waals surface area contributed by atoms with E-state index in [9.17, 15) is 4.79 Å². The second-order valence-electron chi connectivity index (χ2n) is 6.88. The fourth-order valence-electron chi connectivity index (χ4n) is 3.00. The lowest BCUT2D eigenvalue weighted by atomic mass is 10.1. The van der Waals surface area contributed by atoms with Crippen LogP contribution in [0, 0.1) is 13.8 Å². The van der Waals surface area contributed by atoms with E-state index in [0.29, 0.717) is 23.6 Å². The van der Waals surface area contributed by atoms with E-state index in [1.807, 2.05) is 55.5 Å². The van der Waals surface area contributed by atoms with E-state index in [-0.39, 0.29) is 18.2 Å². The molecule has 4 rings (SSSR count). The van der Waals surface area contributed by atoms with Crippen molar-refractivity contribution in [2.45, 2.75) is 27.0 Å². The van der Waals surface area contributed by atoms with Crippen LogP contribution in [-0.4, -0.2) is 25.8 Å². The predicted octanol–water partition coefficient (Wildman–Crippen LogP) is 3.76. The van der Waals surface area contributed by atoms with Crippen molar-refractivity contribution in [1.29, 1.82) is 0 Å².